The van der Waals surface area contributed by atoms with Crippen LogP contribution in [0.15, 0.2) is 6.20 Å². The van der Waals surface area contributed by atoms with Gasteiger partial charge < -0.3 is 19.3 Å². The first-order chi connectivity index (χ1) is 13.3. The fourth-order valence-corrected chi connectivity index (χ4v) is 4.32. The molecule has 3 fully saturated rings. The summed E-state index contributed by atoms with van der Waals surface area (Å²) in [5.41, 5.74) is 1.04. The Hall–Kier alpha value is -1.60. The Bertz CT molecular complexity index is 615. The maximum Gasteiger partial charge on any atom is 0.417 e. The van der Waals surface area contributed by atoms with E-state index in [2.05, 4.69) is 11.1 Å². The van der Waals surface area contributed by atoms with Gasteiger partial charge in [-0.1, -0.05) is 0 Å². The van der Waals surface area contributed by atoms with Gasteiger partial charge in [0.2, 0.25) is 0 Å². The average molecular weight is 377 g/mol. The number of ether oxygens (including phenoxy) is 2. The van der Waals surface area contributed by atoms with E-state index in [1.54, 1.807) is 0 Å². The van der Waals surface area contributed by atoms with Crippen LogP contribution in [-0.2, 0) is 11.3 Å². The van der Waals surface area contributed by atoms with E-state index in [-0.39, 0.29) is 6.09 Å². The number of nitrogens with zero attached hydrogens (tertiary/aromatic N) is 4. The Labute approximate surface area is 161 Å². The second-order valence-corrected chi connectivity index (χ2v) is 7.99. The maximum atomic E-state index is 12.6. The summed E-state index contributed by atoms with van der Waals surface area (Å²) in [6.07, 6.45) is 9.72. The lowest BCUT2D eigenvalue weighted by Crippen LogP contribution is -2.38. The van der Waals surface area contributed by atoms with E-state index in [1.807, 2.05) is 9.47 Å². The molecule has 3 saturated heterocycles. The molecule has 0 bridgehead atoms. The largest absolute Gasteiger partial charge is 0.417 e. The number of rotatable bonds is 5. The lowest BCUT2D eigenvalue weighted by Gasteiger charge is -2.25. The molecule has 4 rings (SSSR count). The van der Waals surface area contributed by atoms with Gasteiger partial charge in [-0.2, -0.15) is 4.98 Å². The van der Waals surface area contributed by atoms with Crippen LogP contribution < -0.4 is 4.74 Å². The molecule has 27 heavy (non-hydrogen) atoms. The van der Waals surface area contributed by atoms with Crippen LogP contribution in [0.1, 0.15) is 56.6 Å². The molecule has 0 atom stereocenters. The van der Waals surface area contributed by atoms with Crippen LogP contribution in [0.25, 0.3) is 0 Å². The number of piperidine rings is 1. The maximum absolute atomic E-state index is 12.6. The average Bonchev–Trinajstić information content (AvgIpc) is 3.38. The van der Waals surface area contributed by atoms with Gasteiger partial charge in [0.1, 0.15) is 0 Å². The molecule has 1 aromatic rings. The van der Waals surface area contributed by atoms with Crippen molar-refractivity contribution in [3.05, 3.63) is 11.9 Å². The van der Waals surface area contributed by atoms with Crippen LogP contribution in [0.3, 0.4) is 0 Å². The van der Waals surface area contributed by atoms with Gasteiger partial charge in [0.25, 0.3) is 0 Å². The Morgan fingerprint density at radius 2 is 1.74 bits per heavy atom. The van der Waals surface area contributed by atoms with Crippen molar-refractivity contribution < 1.29 is 14.3 Å². The first-order valence-electron chi connectivity index (χ1n) is 10.6. The molecule has 3 aliphatic heterocycles. The first kappa shape index (κ1) is 18.7. The fourth-order valence-electron chi connectivity index (χ4n) is 4.32. The lowest BCUT2D eigenvalue weighted by molar-refractivity contribution is 0.0844. The van der Waals surface area contributed by atoms with Gasteiger partial charge in [0.15, 0.2) is 0 Å². The molecule has 0 spiro atoms. The van der Waals surface area contributed by atoms with E-state index in [4.69, 9.17) is 14.5 Å². The third-order valence-electron chi connectivity index (χ3n) is 6.05. The predicted octanol–water partition coefficient (Wildman–Crippen LogP) is 2.86. The number of amides is 1. The SMILES string of the molecule is O=C(Oc1nc(C2CCOCC2)cn1CCN1CCCC1)N1CCCCC1. The third-order valence-corrected chi connectivity index (χ3v) is 6.05. The van der Waals surface area contributed by atoms with Gasteiger partial charge in [-0.25, -0.2) is 4.79 Å². The molecule has 7 heteroatoms. The molecule has 4 heterocycles. The zero-order valence-electron chi connectivity index (χ0n) is 16.3. The number of imidazole rings is 1. The van der Waals surface area contributed by atoms with E-state index < -0.39 is 0 Å². The normalized spacial score (nSPS) is 22.3. The van der Waals surface area contributed by atoms with Crippen LogP contribution in [0.5, 0.6) is 6.01 Å². The topological polar surface area (TPSA) is 59.8 Å². The van der Waals surface area contributed by atoms with Crippen LogP contribution in [-0.4, -0.2) is 71.4 Å². The molecular formula is C20H32N4O3. The fraction of sp³-hybridized carbons (Fsp3) is 0.800. The van der Waals surface area contributed by atoms with Crippen LogP contribution in [0.4, 0.5) is 4.79 Å². The minimum atomic E-state index is -0.249. The Morgan fingerprint density at radius 1 is 1.04 bits per heavy atom. The van der Waals surface area contributed by atoms with E-state index in [1.165, 1.54) is 32.4 Å². The number of hydrogen-bond donors (Lipinski definition) is 0. The molecular weight excluding hydrogens is 344 g/mol. The molecule has 3 aliphatic rings. The van der Waals surface area contributed by atoms with E-state index in [0.29, 0.717) is 11.9 Å². The van der Waals surface area contributed by atoms with Gasteiger partial charge in [0.05, 0.1) is 5.69 Å². The summed E-state index contributed by atoms with van der Waals surface area (Å²) in [7, 11) is 0. The minimum absolute atomic E-state index is 0.249. The van der Waals surface area contributed by atoms with Crippen molar-refractivity contribution in [2.45, 2.75) is 57.4 Å². The minimum Gasteiger partial charge on any atom is -0.381 e. The number of carbonyl (C=O) groups excluding carboxylic acids is 1. The summed E-state index contributed by atoms with van der Waals surface area (Å²) in [6, 6.07) is 0.464. The quantitative estimate of drug-likeness (QED) is 0.791. The van der Waals surface area contributed by atoms with E-state index in [9.17, 15) is 4.79 Å². The number of hydrogen-bond acceptors (Lipinski definition) is 5. The number of likely N-dealkylation sites (tertiary alicyclic amines) is 2. The van der Waals surface area contributed by atoms with Crippen molar-refractivity contribution in [2.75, 3.05) is 45.9 Å². The molecule has 0 aliphatic carbocycles. The highest BCUT2D eigenvalue weighted by Gasteiger charge is 2.25. The van der Waals surface area contributed by atoms with Crippen molar-refractivity contribution in [1.82, 2.24) is 19.4 Å². The highest BCUT2D eigenvalue weighted by molar-refractivity contribution is 5.70. The molecule has 7 nitrogen and oxygen atoms in total. The molecule has 1 amide bonds. The molecule has 0 aromatic carbocycles. The van der Waals surface area contributed by atoms with Crippen LogP contribution in [0, 0.1) is 0 Å². The van der Waals surface area contributed by atoms with Gasteiger partial charge >= 0.3 is 12.1 Å². The van der Waals surface area contributed by atoms with Crippen molar-refractivity contribution >= 4 is 6.09 Å². The molecule has 0 N–H and O–H groups in total. The Balaban J connectivity index is 1.45. The van der Waals surface area contributed by atoms with Crippen LogP contribution >= 0.6 is 0 Å². The van der Waals surface area contributed by atoms with Crippen molar-refractivity contribution in [3.63, 3.8) is 0 Å². The van der Waals surface area contributed by atoms with Crippen LogP contribution in [0.2, 0.25) is 0 Å². The highest BCUT2D eigenvalue weighted by Crippen LogP contribution is 2.28. The van der Waals surface area contributed by atoms with Gasteiger partial charge in [-0.3, -0.25) is 4.57 Å². The zero-order chi connectivity index (χ0) is 18.5. The molecule has 150 valence electrons. The van der Waals surface area contributed by atoms with Crippen molar-refractivity contribution in [2.24, 2.45) is 0 Å². The van der Waals surface area contributed by atoms with E-state index in [0.717, 1.165) is 70.8 Å². The molecule has 0 radical (unpaired) electrons. The van der Waals surface area contributed by atoms with Gasteiger partial charge in [0, 0.05) is 51.5 Å². The summed E-state index contributed by atoms with van der Waals surface area (Å²) in [4.78, 5) is 21.6. The monoisotopic (exact) mass is 376 g/mol. The van der Waals surface area contributed by atoms with Gasteiger partial charge in [-0.05, 0) is 58.0 Å². The Kier molecular flexibility index (Phi) is 6.29. The Morgan fingerprint density at radius 3 is 2.48 bits per heavy atom. The van der Waals surface area contributed by atoms with Crippen molar-refractivity contribution in [1.29, 1.82) is 0 Å². The smallest absolute Gasteiger partial charge is 0.381 e. The second kappa shape index (κ2) is 9.06. The summed E-state index contributed by atoms with van der Waals surface area (Å²) in [6.45, 7) is 7.30. The van der Waals surface area contributed by atoms with E-state index >= 15 is 0 Å². The number of aromatic nitrogens is 2. The predicted molar refractivity (Wildman–Crippen MR) is 102 cm³/mol. The summed E-state index contributed by atoms with van der Waals surface area (Å²) in [5, 5.41) is 0. The summed E-state index contributed by atoms with van der Waals surface area (Å²) in [5.74, 6) is 0.402. The third kappa shape index (κ3) is 4.82. The lowest BCUT2D eigenvalue weighted by atomic mass is 9.97. The zero-order valence-corrected chi connectivity index (χ0v) is 16.3. The van der Waals surface area contributed by atoms with Gasteiger partial charge in [-0.15, -0.1) is 0 Å². The summed E-state index contributed by atoms with van der Waals surface area (Å²) < 4.78 is 13.3. The standard InChI is InChI=1S/C20H32N4O3/c25-20(23-10-2-1-3-11-23)27-19-21-18(17-6-14-26-15-7-17)16-24(19)13-12-22-8-4-5-9-22/h16-17H,1-15H2. The number of carbonyl (C=O) groups is 1. The molecule has 0 unspecified atom stereocenters. The highest BCUT2D eigenvalue weighted by atomic mass is 16.6. The summed E-state index contributed by atoms with van der Waals surface area (Å²) >= 11 is 0. The van der Waals surface area contributed by atoms with Crippen molar-refractivity contribution in [3.8, 4) is 6.01 Å². The first-order valence-corrected chi connectivity index (χ1v) is 10.6. The molecule has 1 aromatic heterocycles. The second-order valence-electron chi connectivity index (χ2n) is 7.99. The molecule has 0 saturated carbocycles.